The van der Waals surface area contributed by atoms with Crippen molar-refractivity contribution < 1.29 is 4.79 Å². The minimum Gasteiger partial charge on any atom is -0.276 e. The molecule has 5 rings (SSSR count). The Hall–Kier alpha value is -3.80. The molecule has 1 aliphatic rings. The number of hydrogen-bond acceptors (Lipinski definition) is 4. The number of fused-ring (bicyclic) bond motifs is 1. The number of hydrogen-bond donors (Lipinski definition) is 0. The van der Waals surface area contributed by atoms with E-state index in [-0.39, 0.29) is 5.91 Å². The van der Waals surface area contributed by atoms with Gasteiger partial charge in [0, 0.05) is 36.9 Å². The summed E-state index contributed by atoms with van der Waals surface area (Å²) in [5.74, 6) is 0.443. The minimum absolute atomic E-state index is 0.0274. The molecular formula is C25H23N5O. The van der Waals surface area contributed by atoms with Gasteiger partial charge < -0.3 is 0 Å². The highest BCUT2D eigenvalue weighted by molar-refractivity contribution is 6.07. The normalized spacial score (nSPS) is 13.4. The molecule has 0 aliphatic carbocycles. The first kappa shape index (κ1) is 19.2. The van der Waals surface area contributed by atoms with E-state index in [1.165, 1.54) is 11.1 Å². The zero-order valence-electron chi connectivity index (χ0n) is 17.6. The molecule has 6 heteroatoms. The Kier molecular flexibility index (Phi) is 4.82. The Labute approximate surface area is 181 Å². The topological polar surface area (TPSA) is 63.9 Å². The second-order valence-electron chi connectivity index (χ2n) is 8.00. The van der Waals surface area contributed by atoms with Crippen LogP contribution in [0.4, 0.5) is 5.95 Å². The van der Waals surface area contributed by atoms with Crippen molar-refractivity contribution in [3.05, 3.63) is 101 Å². The Morgan fingerprint density at radius 2 is 1.81 bits per heavy atom. The van der Waals surface area contributed by atoms with Crippen molar-refractivity contribution in [1.82, 2.24) is 19.7 Å². The summed E-state index contributed by atoms with van der Waals surface area (Å²) in [5, 5.41) is 4.27. The van der Waals surface area contributed by atoms with Crippen molar-refractivity contribution in [2.45, 2.75) is 26.7 Å². The number of aromatic nitrogens is 4. The van der Waals surface area contributed by atoms with Crippen LogP contribution in [0.5, 0.6) is 0 Å². The number of nitrogens with zero attached hydrogens (tertiary/aromatic N) is 5. The van der Waals surface area contributed by atoms with E-state index >= 15 is 0 Å². The Morgan fingerprint density at radius 3 is 2.52 bits per heavy atom. The van der Waals surface area contributed by atoms with Crippen LogP contribution in [0.3, 0.4) is 0 Å². The molecule has 0 spiro atoms. The van der Waals surface area contributed by atoms with Crippen LogP contribution in [0.2, 0.25) is 0 Å². The number of carbonyl (C=O) groups excluding carboxylic acids is 1. The third-order valence-electron chi connectivity index (χ3n) is 5.75. The van der Waals surface area contributed by atoms with E-state index in [9.17, 15) is 4.79 Å². The van der Waals surface area contributed by atoms with Crippen LogP contribution in [0.25, 0.3) is 5.69 Å². The molecule has 0 unspecified atom stereocenters. The maximum Gasteiger partial charge on any atom is 0.260 e. The second-order valence-corrected chi connectivity index (χ2v) is 8.00. The quantitative estimate of drug-likeness (QED) is 0.510. The molecule has 0 N–H and O–H groups in total. The lowest BCUT2D eigenvalue weighted by molar-refractivity contribution is 0.0979. The summed E-state index contributed by atoms with van der Waals surface area (Å²) in [6, 6.07) is 14.5. The molecule has 0 atom stereocenters. The van der Waals surface area contributed by atoms with Crippen molar-refractivity contribution in [2.75, 3.05) is 11.4 Å². The number of anilines is 1. The first-order valence-electron chi connectivity index (χ1n) is 10.4. The fourth-order valence-corrected chi connectivity index (χ4v) is 4.01. The molecule has 0 saturated heterocycles. The fraction of sp³-hybridized carbons (Fsp3) is 0.200. The molecule has 0 radical (unpaired) electrons. The van der Waals surface area contributed by atoms with Crippen molar-refractivity contribution in [3.8, 4) is 5.69 Å². The first-order valence-corrected chi connectivity index (χ1v) is 10.4. The number of benzene rings is 2. The Morgan fingerprint density at radius 1 is 1.03 bits per heavy atom. The van der Waals surface area contributed by atoms with E-state index in [0.717, 1.165) is 40.8 Å². The van der Waals surface area contributed by atoms with Gasteiger partial charge >= 0.3 is 0 Å². The van der Waals surface area contributed by atoms with Crippen LogP contribution in [0, 0.1) is 13.8 Å². The fourth-order valence-electron chi connectivity index (χ4n) is 4.01. The lowest BCUT2D eigenvalue weighted by Crippen LogP contribution is -2.39. The Balaban J connectivity index is 1.41. The van der Waals surface area contributed by atoms with Gasteiger partial charge in [-0.15, -0.1) is 0 Å². The zero-order chi connectivity index (χ0) is 21.4. The molecule has 31 heavy (non-hydrogen) atoms. The third kappa shape index (κ3) is 3.72. The van der Waals surface area contributed by atoms with E-state index in [1.807, 2.05) is 23.9 Å². The molecule has 0 fully saturated rings. The van der Waals surface area contributed by atoms with Crippen molar-refractivity contribution in [2.24, 2.45) is 0 Å². The van der Waals surface area contributed by atoms with Crippen LogP contribution in [0.15, 0.2) is 67.3 Å². The standard InChI is InChI=1S/C25H23N5O/c1-17-15-26-25(27-16-17)29-11-8-20-12-18(2)21(14-23(20)24(29)31)13-19-4-6-22(7-5-19)30-10-3-9-28-30/h3-7,9-10,12,14-16H,8,11,13H2,1-2H3. The number of rotatable bonds is 4. The predicted octanol–water partition coefficient (Wildman–Crippen LogP) is 4.07. The van der Waals surface area contributed by atoms with Gasteiger partial charge in [-0.05, 0) is 78.8 Å². The first-order chi connectivity index (χ1) is 15.1. The van der Waals surface area contributed by atoms with Gasteiger partial charge in [-0.3, -0.25) is 9.69 Å². The molecule has 4 aromatic rings. The lowest BCUT2D eigenvalue weighted by Gasteiger charge is -2.28. The van der Waals surface area contributed by atoms with Gasteiger partial charge in [0.05, 0.1) is 5.69 Å². The van der Waals surface area contributed by atoms with Crippen molar-refractivity contribution in [1.29, 1.82) is 0 Å². The second kappa shape index (κ2) is 7.80. The lowest BCUT2D eigenvalue weighted by atomic mass is 9.91. The molecular weight excluding hydrogens is 386 g/mol. The molecule has 3 heterocycles. The minimum atomic E-state index is -0.0274. The maximum absolute atomic E-state index is 13.2. The van der Waals surface area contributed by atoms with Crippen LogP contribution < -0.4 is 4.90 Å². The zero-order valence-corrected chi connectivity index (χ0v) is 17.6. The molecule has 1 aliphatic heterocycles. The summed E-state index contributed by atoms with van der Waals surface area (Å²) in [7, 11) is 0. The maximum atomic E-state index is 13.2. The van der Waals surface area contributed by atoms with Gasteiger partial charge in [-0.2, -0.15) is 5.10 Å². The summed E-state index contributed by atoms with van der Waals surface area (Å²) in [6.07, 6.45) is 8.77. The van der Waals surface area contributed by atoms with Gasteiger partial charge in [0.2, 0.25) is 5.95 Å². The third-order valence-corrected chi connectivity index (χ3v) is 5.75. The van der Waals surface area contributed by atoms with Gasteiger partial charge in [0.25, 0.3) is 5.91 Å². The molecule has 154 valence electrons. The highest BCUT2D eigenvalue weighted by Gasteiger charge is 2.28. The van der Waals surface area contributed by atoms with E-state index in [4.69, 9.17) is 0 Å². The number of aryl methyl sites for hydroxylation is 2. The molecule has 6 nitrogen and oxygen atoms in total. The van der Waals surface area contributed by atoms with Crippen LogP contribution >= 0.6 is 0 Å². The highest BCUT2D eigenvalue weighted by Crippen LogP contribution is 2.27. The summed E-state index contributed by atoms with van der Waals surface area (Å²) < 4.78 is 1.84. The average Bonchev–Trinajstić information content (AvgIpc) is 3.31. The molecule has 0 saturated carbocycles. The van der Waals surface area contributed by atoms with Gasteiger partial charge in [0.15, 0.2) is 0 Å². The molecule has 2 aromatic carbocycles. The number of carbonyl (C=O) groups is 1. The summed E-state index contributed by atoms with van der Waals surface area (Å²) in [4.78, 5) is 23.6. The van der Waals surface area contributed by atoms with E-state index < -0.39 is 0 Å². The average molecular weight is 409 g/mol. The van der Waals surface area contributed by atoms with E-state index in [1.54, 1.807) is 23.5 Å². The summed E-state index contributed by atoms with van der Waals surface area (Å²) >= 11 is 0. The molecule has 0 bridgehead atoms. The van der Waals surface area contributed by atoms with E-state index in [2.05, 4.69) is 58.4 Å². The number of amides is 1. The Bertz CT molecular complexity index is 1230. The molecule has 1 amide bonds. The van der Waals surface area contributed by atoms with Crippen LogP contribution in [-0.4, -0.2) is 32.2 Å². The van der Waals surface area contributed by atoms with Crippen LogP contribution in [0.1, 0.15) is 38.2 Å². The molecule has 2 aromatic heterocycles. The summed E-state index contributed by atoms with van der Waals surface area (Å²) in [5.41, 5.74) is 7.42. The predicted molar refractivity (Wildman–Crippen MR) is 120 cm³/mol. The van der Waals surface area contributed by atoms with Crippen LogP contribution in [-0.2, 0) is 12.8 Å². The van der Waals surface area contributed by atoms with Gasteiger partial charge in [-0.25, -0.2) is 14.6 Å². The summed E-state index contributed by atoms with van der Waals surface area (Å²) in [6.45, 7) is 4.66. The largest absolute Gasteiger partial charge is 0.276 e. The van der Waals surface area contributed by atoms with Gasteiger partial charge in [-0.1, -0.05) is 18.2 Å². The highest BCUT2D eigenvalue weighted by atomic mass is 16.2. The van der Waals surface area contributed by atoms with Crippen molar-refractivity contribution >= 4 is 11.9 Å². The smallest absolute Gasteiger partial charge is 0.260 e. The monoisotopic (exact) mass is 409 g/mol. The van der Waals surface area contributed by atoms with Gasteiger partial charge in [0.1, 0.15) is 0 Å². The van der Waals surface area contributed by atoms with E-state index in [0.29, 0.717) is 12.5 Å². The SMILES string of the molecule is Cc1cnc(N2CCc3cc(C)c(Cc4ccc(-n5cccn5)cc4)cc3C2=O)nc1. The van der Waals surface area contributed by atoms with Crippen molar-refractivity contribution in [3.63, 3.8) is 0 Å².